The van der Waals surface area contributed by atoms with E-state index in [2.05, 4.69) is 4.98 Å². The molecule has 0 aromatic carbocycles. The quantitative estimate of drug-likeness (QED) is 0.661. The molecule has 0 aliphatic heterocycles. The van der Waals surface area contributed by atoms with E-state index in [-0.39, 0.29) is 5.92 Å². The standard InChI is InChI=1S/C10H11NO/c1-7(12)9-5-10(9)8-3-2-4-11-6-8/h2-4,6,9-10H,5H2,1H3. The Morgan fingerprint density at radius 3 is 3.00 bits per heavy atom. The van der Waals surface area contributed by atoms with Gasteiger partial charge in [0.2, 0.25) is 0 Å². The van der Waals surface area contributed by atoms with Crippen molar-refractivity contribution in [1.29, 1.82) is 0 Å². The second-order valence-electron chi connectivity index (χ2n) is 3.35. The molecule has 1 fully saturated rings. The van der Waals surface area contributed by atoms with E-state index in [1.807, 2.05) is 18.3 Å². The first-order chi connectivity index (χ1) is 5.79. The van der Waals surface area contributed by atoms with Crippen LogP contribution < -0.4 is 0 Å². The maximum absolute atomic E-state index is 11.0. The molecule has 1 saturated carbocycles. The predicted molar refractivity (Wildman–Crippen MR) is 45.8 cm³/mol. The molecule has 0 N–H and O–H groups in total. The Morgan fingerprint density at radius 2 is 2.50 bits per heavy atom. The topological polar surface area (TPSA) is 30.0 Å². The highest BCUT2D eigenvalue weighted by molar-refractivity contribution is 5.82. The largest absolute Gasteiger partial charge is 0.300 e. The number of carbonyl (C=O) groups is 1. The Labute approximate surface area is 71.6 Å². The molecule has 0 saturated heterocycles. The average Bonchev–Trinajstić information content (AvgIpc) is 2.84. The normalized spacial score (nSPS) is 26.8. The summed E-state index contributed by atoms with van der Waals surface area (Å²) in [6.07, 6.45) is 4.63. The van der Waals surface area contributed by atoms with Crippen molar-refractivity contribution in [2.75, 3.05) is 0 Å². The first kappa shape index (κ1) is 7.47. The highest BCUT2D eigenvalue weighted by Crippen LogP contribution is 2.47. The van der Waals surface area contributed by atoms with Crippen LogP contribution in [0.4, 0.5) is 0 Å². The van der Waals surface area contributed by atoms with Gasteiger partial charge in [-0.05, 0) is 30.9 Å². The van der Waals surface area contributed by atoms with Crippen molar-refractivity contribution in [3.8, 4) is 0 Å². The summed E-state index contributed by atoms with van der Waals surface area (Å²) in [5.41, 5.74) is 1.21. The first-order valence-electron chi connectivity index (χ1n) is 4.19. The lowest BCUT2D eigenvalue weighted by molar-refractivity contribution is -0.118. The van der Waals surface area contributed by atoms with Crippen LogP contribution in [0.5, 0.6) is 0 Å². The molecule has 0 radical (unpaired) electrons. The predicted octanol–water partition coefficient (Wildman–Crippen LogP) is 1.77. The van der Waals surface area contributed by atoms with Crippen molar-refractivity contribution in [2.24, 2.45) is 5.92 Å². The van der Waals surface area contributed by atoms with Gasteiger partial charge in [-0.3, -0.25) is 9.78 Å². The van der Waals surface area contributed by atoms with Gasteiger partial charge in [0.15, 0.2) is 0 Å². The van der Waals surface area contributed by atoms with Crippen molar-refractivity contribution >= 4 is 5.78 Å². The molecule has 2 heteroatoms. The molecular formula is C10H11NO. The van der Waals surface area contributed by atoms with Crippen LogP contribution in [-0.2, 0) is 4.79 Å². The highest BCUT2D eigenvalue weighted by Gasteiger charge is 2.41. The van der Waals surface area contributed by atoms with Crippen LogP contribution in [0.1, 0.15) is 24.8 Å². The number of aromatic nitrogens is 1. The van der Waals surface area contributed by atoms with E-state index in [1.165, 1.54) is 5.56 Å². The smallest absolute Gasteiger partial charge is 0.133 e. The zero-order valence-electron chi connectivity index (χ0n) is 7.03. The number of ketones is 1. The van der Waals surface area contributed by atoms with Gasteiger partial charge in [-0.2, -0.15) is 0 Å². The third-order valence-electron chi connectivity index (χ3n) is 2.43. The zero-order valence-corrected chi connectivity index (χ0v) is 7.03. The van der Waals surface area contributed by atoms with Gasteiger partial charge in [0.25, 0.3) is 0 Å². The SMILES string of the molecule is CC(=O)C1CC1c1cccnc1. The van der Waals surface area contributed by atoms with Crippen LogP contribution in [0.25, 0.3) is 0 Å². The van der Waals surface area contributed by atoms with Crippen molar-refractivity contribution in [3.05, 3.63) is 30.1 Å². The molecule has 0 bridgehead atoms. The second kappa shape index (κ2) is 2.70. The van der Waals surface area contributed by atoms with Gasteiger partial charge >= 0.3 is 0 Å². The number of rotatable bonds is 2. The summed E-state index contributed by atoms with van der Waals surface area (Å²) in [5, 5.41) is 0. The van der Waals surface area contributed by atoms with Crippen molar-refractivity contribution in [1.82, 2.24) is 4.98 Å². The average molecular weight is 161 g/mol. The molecule has 2 nitrogen and oxygen atoms in total. The van der Waals surface area contributed by atoms with Crippen molar-refractivity contribution < 1.29 is 4.79 Å². The van der Waals surface area contributed by atoms with E-state index in [1.54, 1.807) is 13.1 Å². The molecule has 2 unspecified atom stereocenters. The molecule has 12 heavy (non-hydrogen) atoms. The summed E-state index contributed by atoms with van der Waals surface area (Å²) >= 11 is 0. The van der Waals surface area contributed by atoms with Gasteiger partial charge in [-0.15, -0.1) is 0 Å². The monoisotopic (exact) mass is 161 g/mol. The van der Waals surface area contributed by atoms with Gasteiger partial charge in [-0.1, -0.05) is 6.07 Å². The molecule has 1 aromatic rings. The van der Waals surface area contributed by atoms with Gasteiger partial charge in [0.05, 0.1) is 0 Å². The fourth-order valence-electron chi connectivity index (χ4n) is 1.61. The van der Waals surface area contributed by atoms with Gasteiger partial charge < -0.3 is 0 Å². The Balaban J connectivity index is 2.11. The number of hydrogen-bond donors (Lipinski definition) is 0. The maximum Gasteiger partial charge on any atom is 0.133 e. The van der Waals surface area contributed by atoms with Gasteiger partial charge in [0, 0.05) is 18.3 Å². The molecule has 1 heterocycles. The summed E-state index contributed by atoms with van der Waals surface area (Å²) in [5.74, 6) is 1.04. The fraction of sp³-hybridized carbons (Fsp3) is 0.400. The molecule has 1 aromatic heterocycles. The van der Waals surface area contributed by atoms with Crippen molar-refractivity contribution in [3.63, 3.8) is 0 Å². The zero-order chi connectivity index (χ0) is 8.55. The van der Waals surface area contributed by atoms with E-state index in [0.717, 1.165) is 6.42 Å². The summed E-state index contributed by atoms with van der Waals surface area (Å²) in [6, 6.07) is 3.96. The number of nitrogens with zero attached hydrogens (tertiary/aromatic N) is 1. The minimum atomic E-state index is 0.272. The van der Waals surface area contributed by atoms with Gasteiger partial charge in [-0.25, -0.2) is 0 Å². The first-order valence-corrected chi connectivity index (χ1v) is 4.19. The fourth-order valence-corrected chi connectivity index (χ4v) is 1.61. The van der Waals surface area contributed by atoms with Crippen LogP contribution in [-0.4, -0.2) is 10.8 Å². The number of pyridine rings is 1. The maximum atomic E-state index is 11.0. The number of Topliss-reactive ketones (excluding diaryl/α,β-unsaturated/α-hetero) is 1. The van der Waals surface area contributed by atoms with Gasteiger partial charge in [0.1, 0.15) is 5.78 Å². The molecular weight excluding hydrogens is 150 g/mol. The lowest BCUT2D eigenvalue weighted by Crippen LogP contribution is -1.94. The van der Waals surface area contributed by atoms with E-state index < -0.39 is 0 Å². The molecule has 1 aliphatic carbocycles. The summed E-state index contributed by atoms with van der Waals surface area (Å²) in [4.78, 5) is 15.0. The molecule has 0 amide bonds. The third kappa shape index (κ3) is 1.24. The van der Waals surface area contributed by atoms with Crippen LogP contribution in [0, 0.1) is 5.92 Å². The number of carbonyl (C=O) groups excluding carboxylic acids is 1. The summed E-state index contributed by atoms with van der Waals surface area (Å²) in [7, 11) is 0. The molecule has 2 atom stereocenters. The Hall–Kier alpha value is -1.18. The molecule has 62 valence electrons. The lowest BCUT2D eigenvalue weighted by atomic mass is 10.1. The van der Waals surface area contributed by atoms with E-state index in [0.29, 0.717) is 11.7 Å². The van der Waals surface area contributed by atoms with Crippen LogP contribution >= 0.6 is 0 Å². The molecule has 0 spiro atoms. The summed E-state index contributed by atoms with van der Waals surface area (Å²) in [6.45, 7) is 1.67. The Kier molecular flexibility index (Phi) is 1.68. The van der Waals surface area contributed by atoms with Crippen LogP contribution in [0.2, 0.25) is 0 Å². The van der Waals surface area contributed by atoms with Crippen molar-refractivity contribution in [2.45, 2.75) is 19.3 Å². The minimum absolute atomic E-state index is 0.272. The second-order valence-corrected chi connectivity index (χ2v) is 3.35. The summed E-state index contributed by atoms with van der Waals surface area (Å²) < 4.78 is 0. The lowest BCUT2D eigenvalue weighted by Gasteiger charge is -1.95. The highest BCUT2D eigenvalue weighted by atomic mass is 16.1. The number of hydrogen-bond acceptors (Lipinski definition) is 2. The minimum Gasteiger partial charge on any atom is -0.300 e. The van der Waals surface area contributed by atoms with Crippen LogP contribution in [0.15, 0.2) is 24.5 Å². The Morgan fingerprint density at radius 1 is 1.67 bits per heavy atom. The van der Waals surface area contributed by atoms with E-state index in [9.17, 15) is 4.79 Å². The molecule has 2 rings (SSSR count). The van der Waals surface area contributed by atoms with E-state index in [4.69, 9.17) is 0 Å². The van der Waals surface area contributed by atoms with E-state index >= 15 is 0 Å². The Bertz CT molecular complexity index is 294. The van der Waals surface area contributed by atoms with Crippen LogP contribution in [0.3, 0.4) is 0 Å². The molecule has 1 aliphatic rings. The third-order valence-corrected chi connectivity index (χ3v) is 2.43.